The lowest BCUT2D eigenvalue weighted by molar-refractivity contribution is 0.103. The minimum Gasteiger partial charge on any atom is -0.389 e. The molecule has 1 aromatic carbocycles. The van der Waals surface area contributed by atoms with Crippen molar-refractivity contribution in [3.8, 4) is 6.07 Å². The van der Waals surface area contributed by atoms with E-state index in [2.05, 4.69) is 11.4 Å². The molecule has 0 spiro atoms. The van der Waals surface area contributed by atoms with Crippen LogP contribution in [0.5, 0.6) is 0 Å². The quantitative estimate of drug-likeness (QED) is 0.725. The van der Waals surface area contributed by atoms with Crippen LogP contribution in [0, 0.1) is 11.3 Å². The Labute approximate surface area is 99.1 Å². The van der Waals surface area contributed by atoms with Crippen LogP contribution in [0.4, 0.5) is 5.69 Å². The van der Waals surface area contributed by atoms with E-state index in [4.69, 9.17) is 5.26 Å². The van der Waals surface area contributed by atoms with E-state index in [-0.39, 0.29) is 5.78 Å². The lowest BCUT2D eigenvalue weighted by Crippen LogP contribution is -2.20. The summed E-state index contributed by atoms with van der Waals surface area (Å²) in [7, 11) is 0. The van der Waals surface area contributed by atoms with Gasteiger partial charge in [0.15, 0.2) is 0 Å². The maximum Gasteiger partial charge on any atom is 0.213 e. The van der Waals surface area contributed by atoms with E-state index < -0.39 is 0 Å². The Morgan fingerprint density at radius 3 is 3.12 bits per heavy atom. The molecule has 0 aliphatic carbocycles. The lowest BCUT2D eigenvalue weighted by atomic mass is 10.1. The van der Waals surface area contributed by atoms with Gasteiger partial charge in [-0.3, -0.25) is 4.79 Å². The van der Waals surface area contributed by atoms with Gasteiger partial charge in [-0.05, 0) is 24.6 Å². The normalized spacial score (nSPS) is 17.5. The van der Waals surface area contributed by atoms with Gasteiger partial charge in [-0.15, -0.1) is 0 Å². The van der Waals surface area contributed by atoms with Crippen molar-refractivity contribution in [1.29, 1.82) is 5.26 Å². The van der Waals surface area contributed by atoms with Gasteiger partial charge in [-0.1, -0.05) is 0 Å². The molecule has 0 bridgehead atoms. The van der Waals surface area contributed by atoms with Crippen molar-refractivity contribution in [2.45, 2.75) is 6.42 Å². The first-order chi connectivity index (χ1) is 8.31. The molecule has 0 atom stereocenters. The molecule has 3 rings (SSSR count). The minimum atomic E-state index is 0.00602. The van der Waals surface area contributed by atoms with E-state index in [1.165, 1.54) is 0 Å². The number of rotatable bonds is 0. The molecule has 0 aromatic heterocycles. The van der Waals surface area contributed by atoms with Crippen molar-refractivity contribution in [2.24, 2.45) is 0 Å². The fraction of sp³-hybridized carbons (Fsp3) is 0.231. The predicted octanol–water partition coefficient (Wildman–Crippen LogP) is 1.40. The molecule has 2 aliphatic heterocycles. The number of carbonyl (C=O) groups is 1. The summed E-state index contributed by atoms with van der Waals surface area (Å²) in [6.07, 6.45) is 2.77. The van der Waals surface area contributed by atoms with Crippen LogP contribution in [-0.2, 0) is 0 Å². The third kappa shape index (κ3) is 1.40. The Bertz CT molecular complexity index is 569. The molecule has 4 heteroatoms. The zero-order chi connectivity index (χ0) is 11.8. The fourth-order valence-corrected chi connectivity index (χ4v) is 2.31. The largest absolute Gasteiger partial charge is 0.389 e. The molecule has 1 aromatic rings. The zero-order valence-corrected chi connectivity index (χ0v) is 9.23. The van der Waals surface area contributed by atoms with Gasteiger partial charge in [-0.2, -0.15) is 5.26 Å². The second-order valence-corrected chi connectivity index (χ2v) is 4.16. The molecule has 17 heavy (non-hydrogen) atoms. The molecule has 1 N–H and O–H groups in total. The highest BCUT2D eigenvalue weighted by Gasteiger charge is 2.32. The molecular weight excluding hydrogens is 214 g/mol. The number of nitrogens with one attached hydrogen (secondary N) is 1. The molecule has 0 amide bonds. The first kappa shape index (κ1) is 9.91. The van der Waals surface area contributed by atoms with Gasteiger partial charge in [-0.25, -0.2) is 0 Å². The van der Waals surface area contributed by atoms with Crippen LogP contribution in [0.3, 0.4) is 0 Å². The minimum absolute atomic E-state index is 0.00602. The van der Waals surface area contributed by atoms with Crippen LogP contribution in [0.15, 0.2) is 30.1 Å². The van der Waals surface area contributed by atoms with E-state index in [9.17, 15) is 4.79 Å². The van der Waals surface area contributed by atoms with Crippen molar-refractivity contribution in [3.05, 3.63) is 41.2 Å². The number of hydrogen-bond donors (Lipinski definition) is 1. The van der Waals surface area contributed by atoms with Crippen LogP contribution in [0.2, 0.25) is 0 Å². The number of carbonyl (C=O) groups excluding carboxylic acids is 1. The number of fused-ring (bicyclic) bond motifs is 3. The summed E-state index contributed by atoms with van der Waals surface area (Å²) < 4.78 is 0. The highest BCUT2D eigenvalue weighted by Crippen LogP contribution is 2.35. The van der Waals surface area contributed by atoms with E-state index in [1.54, 1.807) is 18.3 Å². The second-order valence-electron chi connectivity index (χ2n) is 4.16. The van der Waals surface area contributed by atoms with E-state index >= 15 is 0 Å². The SMILES string of the molecule is N#Cc1ccc2c(c1)C(=O)C1=CNCCCN12. The van der Waals surface area contributed by atoms with Crippen molar-refractivity contribution in [2.75, 3.05) is 18.0 Å². The van der Waals surface area contributed by atoms with Crippen molar-refractivity contribution in [1.82, 2.24) is 5.32 Å². The summed E-state index contributed by atoms with van der Waals surface area (Å²) in [5.41, 5.74) is 2.78. The van der Waals surface area contributed by atoms with Crippen molar-refractivity contribution in [3.63, 3.8) is 0 Å². The Morgan fingerprint density at radius 2 is 2.29 bits per heavy atom. The van der Waals surface area contributed by atoms with Crippen molar-refractivity contribution >= 4 is 11.5 Å². The molecular formula is C13H11N3O. The maximum atomic E-state index is 12.2. The van der Waals surface area contributed by atoms with Gasteiger partial charge < -0.3 is 10.2 Å². The maximum absolute atomic E-state index is 12.2. The summed E-state index contributed by atoms with van der Waals surface area (Å²) in [4.78, 5) is 14.2. The summed E-state index contributed by atoms with van der Waals surface area (Å²) in [5.74, 6) is 0.00602. The Morgan fingerprint density at radius 1 is 1.41 bits per heavy atom. The Kier molecular flexibility index (Phi) is 2.12. The highest BCUT2D eigenvalue weighted by molar-refractivity contribution is 6.19. The number of nitriles is 1. The topological polar surface area (TPSA) is 56.1 Å². The van der Waals surface area contributed by atoms with Gasteiger partial charge in [0.05, 0.1) is 17.3 Å². The predicted molar refractivity (Wildman–Crippen MR) is 63.5 cm³/mol. The first-order valence-electron chi connectivity index (χ1n) is 5.61. The monoisotopic (exact) mass is 225 g/mol. The number of nitrogens with zero attached hydrogens (tertiary/aromatic N) is 2. The molecule has 0 radical (unpaired) electrons. The Balaban J connectivity index is 2.15. The van der Waals surface area contributed by atoms with Crippen LogP contribution < -0.4 is 10.2 Å². The van der Waals surface area contributed by atoms with Crippen LogP contribution in [-0.4, -0.2) is 18.9 Å². The summed E-state index contributed by atoms with van der Waals surface area (Å²) in [5, 5.41) is 12.0. The number of ketones is 1. The second kappa shape index (κ2) is 3.63. The van der Waals surface area contributed by atoms with Crippen molar-refractivity contribution < 1.29 is 4.79 Å². The van der Waals surface area contributed by atoms with E-state index in [1.807, 2.05) is 11.0 Å². The third-order valence-corrected chi connectivity index (χ3v) is 3.13. The molecule has 0 unspecified atom stereocenters. The number of anilines is 1. The van der Waals surface area contributed by atoms with E-state index in [0.717, 1.165) is 25.2 Å². The summed E-state index contributed by atoms with van der Waals surface area (Å²) >= 11 is 0. The van der Waals surface area contributed by atoms with Gasteiger partial charge in [0.1, 0.15) is 5.70 Å². The number of benzene rings is 1. The smallest absolute Gasteiger partial charge is 0.213 e. The van der Waals surface area contributed by atoms with Gasteiger partial charge in [0.25, 0.3) is 0 Å². The van der Waals surface area contributed by atoms with Gasteiger partial charge in [0.2, 0.25) is 5.78 Å². The average Bonchev–Trinajstić information content (AvgIpc) is 2.57. The molecule has 0 fully saturated rings. The van der Waals surface area contributed by atoms with Gasteiger partial charge >= 0.3 is 0 Å². The third-order valence-electron chi connectivity index (χ3n) is 3.13. The molecule has 0 saturated carbocycles. The van der Waals surface area contributed by atoms with Crippen LogP contribution >= 0.6 is 0 Å². The average molecular weight is 225 g/mol. The fourth-order valence-electron chi connectivity index (χ4n) is 2.31. The number of allylic oxidation sites excluding steroid dienone is 1. The Hall–Kier alpha value is -2.28. The van der Waals surface area contributed by atoms with Gasteiger partial charge in [0, 0.05) is 24.9 Å². The number of Topliss-reactive ketones (excluding diaryl/α,β-unsaturated/α-hetero) is 1. The molecule has 2 aliphatic rings. The summed E-state index contributed by atoms with van der Waals surface area (Å²) in [6.45, 7) is 1.72. The first-order valence-corrected chi connectivity index (χ1v) is 5.61. The van der Waals surface area contributed by atoms with Crippen LogP contribution in [0.25, 0.3) is 0 Å². The molecule has 0 saturated heterocycles. The lowest BCUT2D eigenvalue weighted by Gasteiger charge is -2.17. The molecule has 84 valence electrons. The molecule has 2 heterocycles. The molecule has 4 nitrogen and oxygen atoms in total. The zero-order valence-electron chi connectivity index (χ0n) is 9.23. The summed E-state index contributed by atoms with van der Waals surface area (Å²) in [6, 6.07) is 7.36. The van der Waals surface area contributed by atoms with Crippen LogP contribution in [0.1, 0.15) is 22.3 Å². The standard InChI is InChI=1S/C13H11N3O/c14-7-9-2-3-11-10(6-9)13(17)12-8-15-4-1-5-16(11)12/h2-3,6,8,15H,1,4-5H2. The number of hydrogen-bond acceptors (Lipinski definition) is 4. The van der Waals surface area contributed by atoms with E-state index in [0.29, 0.717) is 16.8 Å². The highest BCUT2D eigenvalue weighted by atomic mass is 16.1.